The average molecular weight is 184 g/mol. The van der Waals surface area contributed by atoms with E-state index in [9.17, 15) is 8.78 Å². The van der Waals surface area contributed by atoms with Gasteiger partial charge in [0.1, 0.15) is 0 Å². The van der Waals surface area contributed by atoms with Gasteiger partial charge in [0.05, 0.1) is 12.5 Å². The summed E-state index contributed by atoms with van der Waals surface area (Å²) in [7, 11) is 0. The predicted molar refractivity (Wildman–Crippen MR) is 44.7 cm³/mol. The Morgan fingerprint density at radius 3 is 2.23 bits per heavy atom. The number of hydrogen-bond donors (Lipinski definition) is 1. The molecule has 1 nitrogen and oxygen atoms in total. The van der Waals surface area contributed by atoms with Crippen LogP contribution in [0.2, 0.25) is 0 Å². The molecule has 0 saturated heterocycles. The lowest BCUT2D eigenvalue weighted by atomic mass is 10.1. The number of hydrogen-bond acceptors (Lipinski definition) is 1. The van der Waals surface area contributed by atoms with Gasteiger partial charge in [0.2, 0.25) is 0 Å². The lowest BCUT2D eigenvalue weighted by molar-refractivity contribution is 0.112. The second-order valence-corrected chi connectivity index (χ2v) is 3.42. The Labute approximate surface area is 75.0 Å². The zero-order chi connectivity index (χ0) is 9.47. The maximum Gasteiger partial charge on any atom is 0.255 e. The summed E-state index contributed by atoms with van der Waals surface area (Å²) in [5, 5.41) is 8.74. The highest BCUT2D eigenvalue weighted by Crippen LogP contribution is 2.55. The van der Waals surface area contributed by atoms with Crippen molar-refractivity contribution in [2.24, 2.45) is 0 Å². The quantitative estimate of drug-likeness (QED) is 0.747. The molecule has 0 spiro atoms. The van der Waals surface area contributed by atoms with E-state index in [4.69, 9.17) is 5.11 Å². The van der Waals surface area contributed by atoms with Crippen LogP contribution in [0.15, 0.2) is 24.3 Å². The summed E-state index contributed by atoms with van der Waals surface area (Å²) < 4.78 is 25.2. The first-order chi connectivity index (χ1) is 6.13. The molecule has 2 rings (SSSR count). The monoisotopic (exact) mass is 184 g/mol. The van der Waals surface area contributed by atoms with Gasteiger partial charge in [-0.2, -0.15) is 0 Å². The van der Waals surface area contributed by atoms with Crippen molar-refractivity contribution in [3.63, 3.8) is 0 Å². The highest BCUT2D eigenvalue weighted by atomic mass is 19.3. The molecular formula is C10H10F2O. The highest BCUT2D eigenvalue weighted by molar-refractivity contribution is 5.31. The predicted octanol–water partition coefficient (Wildman–Crippen LogP) is 2.30. The molecule has 13 heavy (non-hydrogen) atoms. The van der Waals surface area contributed by atoms with E-state index in [-0.39, 0.29) is 13.0 Å². The fourth-order valence-electron chi connectivity index (χ4n) is 1.43. The molecule has 70 valence electrons. The normalized spacial score (nSPS) is 24.4. The van der Waals surface area contributed by atoms with Crippen molar-refractivity contribution in [2.75, 3.05) is 0 Å². The first-order valence-corrected chi connectivity index (χ1v) is 4.21. The molecule has 0 radical (unpaired) electrons. The molecule has 1 fully saturated rings. The lowest BCUT2D eigenvalue weighted by Gasteiger charge is -2.00. The maximum atomic E-state index is 12.6. The summed E-state index contributed by atoms with van der Waals surface area (Å²) in [6.45, 7) is -0.0403. The smallest absolute Gasteiger partial charge is 0.255 e. The van der Waals surface area contributed by atoms with Crippen molar-refractivity contribution >= 4 is 0 Å². The Hall–Kier alpha value is -0.960. The van der Waals surface area contributed by atoms with Crippen molar-refractivity contribution < 1.29 is 13.9 Å². The highest BCUT2D eigenvalue weighted by Gasteiger charge is 2.57. The third kappa shape index (κ3) is 1.56. The number of aliphatic hydroxyl groups excluding tert-OH is 1. The molecular weight excluding hydrogens is 174 g/mol. The SMILES string of the molecule is OCc1ccc(C2CC2(F)F)cc1. The van der Waals surface area contributed by atoms with Gasteiger partial charge >= 0.3 is 0 Å². The van der Waals surface area contributed by atoms with Gasteiger partial charge in [-0.3, -0.25) is 0 Å². The summed E-state index contributed by atoms with van der Waals surface area (Å²) in [6.07, 6.45) is -0.0362. The van der Waals surface area contributed by atoms with E-state index in [2.05, 4.69) is 0 Å². The van der Waals surface area contributed by atoms with Crippen LogP contribution in [0.4, 0.5) is 8.78 Å². The fourth-order valence-corrected chi connectivity index (χ4v) is 1.43. The van der Waals surface area contributed by atoms with Crippen LogP contribution in [0.25, 0.3) is 0 Å². The minimum Gasteiger partial charge on any atom is -0.392 e. The van der Waals surface area contributed by atoms with E-state index in [1.807, 2.05) is 0 Å². The Bertz CT molecular complexity index is 305. The molecule has 1 aliphatic rings. The van der Waals surface area contributed by atoms with E-state index in [0.29, 0.717) is 5.56 Å². The van der Waals surface area contributed by atoms with Crippen LogP contribution in [0.3, 0.4) is 0 Å². The van der Waals surface area contributed by atoms with Crippen molar-refractivity contribution in [1.29, 1.82) is 0 Å². The molecule has 1 N–H and O–H groups in total. The number of rotatable bonds is 2. The summed E-state index contributed by atoms with van der Waals surface area (Å²) >= 11 is 0. The molecule has 1 saturated carbocycles. The van der Waals surface area contributed by atoms with Gasteiger partial charge in [0.15, 0.2) is 0 Å². The van der Waals surface area contributed by atoms with Gasteiger partial charge < -0.3 is 5.11 Å². The van der Waals surface area contributed by atoms with Gasteiger partial charge in [-0.05, 0) is 11.1 Å². The molecule has 0 aromatic heterocycles. The number of halogens is 2. The Morgan fingerprint density at radius 1 is 1.31 bits per heavy atom. The van der Waals surface area contributed by atoms with Gasteiger partial charge in [-0.25, -0.2) is 8.78 Å². The van der Waals surface area contributed by atoms with Crippen LogP contribution in [0.1, 0.15) is 23.5 Å². The van der Waals surface area contributed by atoms with Gasteiger partial charge in [0.25, 0.3) is 5.92 Å². The van der Waals surface area contributed by atoms with Crippen LogP contribution in [-0.4, -0.2) is 11.0 Å². The van der Waals surface area contributed by atoms with Crippen LogP contribution in [-0.2, 0) is 6.61 Å². The minimum atomic E-state index is -2.50. The summed E-state index contributed by atoms with van der Waals surface area (Å²) in [5.41, 5.74) is 1.43. The zero-order valence-corrected chi connectivity index (χ0v) is 7.00. The van der Waals surface area contributed by atoms with Crippen LogP contribution in [0.5, 0.6) is 0 Å². The third-order valence-corrected chi connectivity index (χ3v) is 2.39. The lowest BCUT2D eigenvalue weighted by Crippen LogP contribution is -1.93. The average Bonchev–Trinajstić information content (AvgIpc) is 2.76. The summed E-state index contributed by atoms with van der Waals surface area (Å²) in [4.78, 5) is 0. The number of aliphatic hydroxyl groups is 1. The molecule has 1 aromatic rings. The largest absolute Gasteiger partial charge is 0.392 e. The molecule has 3 heteroatoms. The Morgan fingerprint density at radius 2 is 1.85 bits per heavy atom. The molecule has 1 aliphatic carbocycles. The van der Waals surface area contributed by atoms with Gasteiger partial charge in [0, 0.05) is 6.42 Å². The zero-order valence-electron chi connectivity index (χ0n) is 7.00. The fraction of sp³-hybridized carbons (Fsp3) is 0.400. The first kappa shape index (κ1) is 8.63. The van der Waals surface area contributed by atoms with E-state index in [0.717, 1.165) is 5.56 Å². The number of alkyl halides is 2. The molecule has 0 aliphatic heterocycles. The van der Waals surface area contributed by atoms with E-state index >= 15 is 0 Å². The topological polar surface area (TPSA) is 20.2 Å². The maximum absolute atomic E-state index is 12.6. The van der Waals surface area contributed by atoms with E-state index < -0.39 is 11.8 Å². The van der Waals surface area contributed by atoms with Gasteiger partial charge in [-0.1, -0.05) is 24.3 Å². The standard InChI is InChI=1S/C10H10F2O/c11-10(12)5-9(10)8-3-1-7(6-13)2-4-8/h1-4,9,13H,5-6H2. The molecule has 0 bridgehead atoms. The van der Waals surface area contributed by atoms with Crippen molar-refractivity contribution in [1.82, 2.24) is 0 Å². The molecule has 1 atom stereocenters. The Kier molecular flexibility index (Phi) is 1.84. The van der Waals surface area contributed by atoms with Crippen molar-refractivity contribution in [2.45, 2.75) is 24.9 Å². The first-order valence-electron chi connectivity index (χ1n) is 4.21. The van der Waals surface area contributed by atoms with Gasteiger partial charge in [-0.15, -0.1) is 0 Å². The summed E-state index contributed by atoms with van der Waals surface area (Å²) in [6, 6.07) is 6.70. The van der Waals surface area contributed by atoms with Crippen LogP contribution in [0, 0.1) is 0 Å². The molecule has 1 unspecified atom stereocenters. The third-order valence-electron chi connectivity index (χ3n) is 2.39. The molecule has 0 heterocycles. The van der Waals surface area contributed by atoms with Crippen LogP contribution < -0.4 is 0 Å². The minimum absolute atomic E-state index is 0.0362. The van der Waals surface area contributed by atoms with E-state index in [1.54, 1.807) is 24.3 Å². The molecule has 1 aromatic carbocycles. The molecule has 0 amide bonds. The van der Waals surface area contributed by atoms with Crippen molar-refractivity contribution in [3.05, 3.63) is 35.4 Å². The van der Waals surface area contributed by atoms with Crippen LogP contribution >= 0.6 is 0 Å². The number of benzene rings is 1. The van der Waals surface area contributed by atoms with E-state index in [1.165, 1.54) is 0 Å². The Balaban J connectivity index is 2.16. The summed E-state index contributed by atoms with van der Waals surface area (Å²) in [5.74, 6) is -3.10. The second-order valence-electron chi connectivity index (χ2n) is 3.42. The second kappa shape index (κ2) is 2.77. The van der Waals surface area contributed by atoms with Crippen molar-refractivity contribution in [3.8, 4) is 0 Å².